The zero-order valence-electron chi connectivity index (χ0n) is 11.8. The van der Waals surface area contributed by atoms with Crippen LogP contribution in [0.2, 0.25) is 5.02 Å². The molecule has 0 saturated carbocycles. The van der Waals surface area contributed by atoms with Gasteiger partial charge in [-0.25, -0.2) is 4.39 Å². The summed E-state index contributed by atoms with van der Waals surface area (Å²) in [6.45, 7) is 0.590. The van der Waals surface area contributed by atoms with E-state index >= 15 is 0 Å². The van der Waals surface area contributed by atoms with Gasteiger partial charge in [-0.1, -0.05) is 23.8 Å². The van der Waals surface area contributed by atoms with Crippen LogP contribution in [0.3, 0.4) is 0 Å². The number of hydrogen-bond acceptors (Lipinski definition) is 2. The molecule has 6 heteroatoms. The third-order valence-corrected chi connectivity index (χ3v) is 4.79. The van der Waals surface area contributed by atoms with Crippen LogP contribution in [0, 0.1) is 11.2 Å². The highest BCUT2D eigenvalue weighted by atomic mass is 35.5. The molecule has 4 nitrogen and oxygen atoms in total. The van der Waals surface area contributed by atoms with Crippen molar-refractivity contribution in [2.45, 2.75) is 25.8 Å². The van der Waals surface area contributed by atoms with Gasteiger partial charge in [0.1, 0.15) is 5.82 Å². The molecule has 1 aromatic rings. The number of carboxylic acids is 1. The van der Waals surface area contributed by atoms with Gasteiger partial charge in [0.2, 0.25) is 5.91 Å². The Morgan fingerprint density at radius 3 is 2.59 bits per heavy atom. The van der Waals surface area contributed by atoms with Crippen molar-refractivity contribution in [3.05, 3.63) is 46.3 Å². The number of carbonyl (C=O) groups is 2. The molecule has 3 rings (SSSR count). The normalized spacial score (nSPS) is 19.1. The van der Waals surface area contributed by atoms with Crippen molar-refractivity contribution in [2.24, 2.45) is 5.41 Å². The number of carboxylic acid groups (broad SMARTS) is 1. The van der Waals surface area contributed by atoms with Gasteiger partial charge in [0, 0.05) is 18.1 Å². The van der Waals surface area contributed by atoms with E-state index in [-0.39, 0.29) is 19.4 Å². The van der Waals surface area contributed by atoms with E-state index < -0.39 is 23.1 Å². The number of aliphatic carboxylic acids is 1. The van der Waals surface area contributed by atoms with Gasteiger partial charge in [0.15, 0.2) is 5.41 Å². The van der Waals surface area contributed by atoms with Crippen LogP contribution >= 0.6 is 11.6 Å². The molecule has 0 unspecified atom stereocenters. The minimum absolute atomic E-state index is 0.195. The molecule has 2 aliphatic rings. The number of rotatable bonds is 2. The molecule has 0 spiro atoms. The zero-order valence-corrected chi connectivity index (χ0v) is 12.6. The number of nitrogens with zero attached hydrogens (tertiary/aromatic N) is 1. The molecule has 116 valence electrons. The summed E-state index contributed by atoms with van der Waals surface area (Å²) < 4.78 is 13.5. The van der Waals surface area contributed by atoms with E-state index in [0.717, 1.165) is 5.56 Å². The Morgan fingerprint density at radius 2 is 1.95 bits per heavy atom. The van der Waals surface area contributed by atoms with Crippen LogP contribution in [0.4, 0.5) is 4.39 Å². The zero-order chi connectivity index (χ0) is 15.9. The Bertz CT molecular complexity index is 678. The van der Waals surface area contributed by atoms with E-state index in [4.69, 9.17) is 11.6 Å². The SMILES string of the molecule is O=C(O)C1(C(=O)N2CCc3c(Cl)cc(F)cc3C2)CC=CC1. The average molecular weight is 324 g/mol. The first-order valence-corrected chi connectivity index (χ1v) is 7.46. The predicted octanol–water partition coefficient (Wildman–Crippen LogP) is 2.78. The highest BCUT2D eigenvalue weighted by Gasteiger charge is 2.48. The second-order valence-corrected chi connectivity index (χ2v) is 6.18. The molecule has 0 fully saturated rings. The molecular formula is C16H15ClFNO3. The first kappa shape index (κ1) is 15.0. The molecular weight excluding hydrogens is 309 g/mol. The lowest BCUT2D eigenvalue weighted by atomic mass is 9.83. The van der Waals surface area contributed by atoms with E-state index in [1.165, 1.54) is 17.0 Å². The van der Waals surface area contributed by atoms with E-state index in [2.05, 4.69) is 0 Å². The van der Waals surface area contributed by atoms with Crippen LogP contribution in [-0.2, 0) is 22.6 Å². The van der Waals surface area contributed by atoms with Crippen LogP contribution in [0.1, 0.15) is 24.0 Å². The van der Waals surface area contributed by atoms with Gasteiger partial charge in [0.25, 0.3) is 0 Å². The van der Waals surface area contributed by atoms with Crippen LogP contribution in [0.5, 0.6) is 0 Å². The lowest BCUT2D eigenvalue weighted by Gasteiger charge is -2.35. The van der Waals surface area contributed by atoms with Gasteiger partial charge in [-0.05, 0) is 42.5 Å². The maximum atomic E-state index is 13.5. The molecule has 1 N–H and O–H groups in total. The Balaban J connectivity index is 1.88. The first-order chi connectivity index (χ1) is 10.4. The van der Waals surface area contributed by atoms with Crippen LogP contribution in [0.25, 0.3) is 0 Å². The minimum Gasteiger partial charge on any atom is -0.480 e. The Hall–Kier alpha value is -1.88. The van der Waals surface area contributed by atoms with Crippen molar-refractivity contribution in [3.63, 3.8) is 0 Å². The standard InChI is InChI=1S/C16H15ClFNO3/c17-13-8-11(18)7-10-9-19(6-3-12(10)13)14(20)16(15(21)22)4-1-2-5-16/h1-2,7-8H,3-6,9H2,(H,21,22). The highest BCUT2D eigenvalue weighted by Crippen LogP contribution is 2.37. The fraction of sp³-hybridized carbons (Fsp3) is 0.375. The monoisotopic (exact) mass is 323 g/mol. The molecule has 1 heterocycles. The Labute approximate surface area is 132 Å². The molecule has 0 aromatic heterocycles. The van der Waals surface area contributed by atoms with Gasteiger partial charge < -0.3 is 10.0 Å². The summed E-state index contributed by atoms with van der Waals surface area (Å²) in [7, 11) is 0. The quantitative estimate of drug-likeness (QED) is 0.672. The second kappa shape index (κ2) is 5.39. The topological polar surface area (TPSA) is 57.6 Å². The van der Waals surface area contributed by atoms with Crippen molar-refractivity contribution in [2.75, 3.05) is 6.54 Å². The summed E-state index contributed by atoms with van der Waals surface area (Å²) in [5.41, 5.74) is 0.0753. The fourth-order valence-electron chi connectivity index (χ4n) is 3.18. The van der Waals surface area contributed by atoms with Crippen molar-refractivity contribution in [3.8, 4) is 0 Å². The van der Waals surface area contributed by atoms with Crippen molar-refractivity contribution in [1.29, 1.82) is 0 Å². The number of halogens is 2. The number of allylic oxidation sites excluding steroid dienone is 2. The van der Waals surface area contributed by atoms with Gasteiger partial charge >= 0.3 is 5.97 Å². The van der Waals surface area contributed by atoms with Crippen molar-refractivity contribution in [1.82, 2.24) is 4.90 Å². The number of carbonyl (C=O) groups excluding carboxylic acids is 1. The Kier molecular flexibility index (Phi) is 3.68. The molecule has 1 aliphatic carbocycles. The highest BCUT2D eigenvalue weighted by molar-refractivity contribution is 6.31. The smallest absolute Gasteiger partial charge is 0.319 e. The fourth-order valence-corrected chi connectivity index (χ4v) is 3.50. The number of fused-ring (bicyclic) bond motifs is 1. The summed E-state index contributed by atoms with van der Waals surface area (Å²) in [5, 5.41) is 9.84. The summed E-state index contributed by atoms with van der Waals surface area (Å²) >= 11 is 6.03. The number of hydrogen-bond donors (Lipinski definition) is 1. The molecule has 22 heavy (non-hydrogen) atoms. The van der Waals surface area contributed by atoms with Crippen LogP contribution in [-0.4, -0.2) is 28.4 Å². The van der Waals surface area contributed by atoms with E-state index in [1.807, 2.05) is 0 Å². The van der Waals surface area contributed by atoms with E-state index in [0.29, 0.717) is 23.6 Å². The van der Waals surface area contributed by atoms with Gasteiger partial charge in [-0.2, -0.15) is 0 Å². The Morgan fingerprint density at radius 1 is 1.27 bits per heavy atom. The molecule has 0 atom stereocenters. The lowest BCUT2D eigenvalue weighted by Crippen LogP contribution is -2.49. The van der Waals surface area contributed by atoms with Gasteiger partial charge in [-0.3, -0.25) is 9.59 Å². The average Bonchev–Trinajstić information content (AvgIpc) is 2.96. The molecule has 1 amide bonds. The summed E-state index contributed by atoms with van der Waals surface area (Å²) in [6.07, 6.45) is 4.35. The van der Waals surface area contributed by atoms with E-state index in [1.54, 1.807) is 12.2 Å². The summed E-state index contributed by atoms with van der Waals surface area (Å²) in [6, 6.07) is 2.62. The second-order valence-electron chi connectivity index (χ2n) is 5.77. The lowest BCUT2D eigenvalue weighted by molar-refractivity contribution is -0.160. The molecule has 1 aliphatic heterocycles. The molecule has 0 bridgehead atoms. The summed E-state index contributed by atoms with van der Waals surface area (Å²) in [5.74, 6) is -1.96. The van der Waals surface area contributed by atoms with Crippen molar-refractivity contribution >= 4 is 23.5 Å². The van der Waals surface area contributed by atoms with E-state index in [9.17, 15) is 19.1 Å². The minimum atomic E-state index is -1.41. The summed E-state index contributed by atoms with van der Waals surface area (Å²) in [4.78, 5) is 25.8. The first-order valence-electron chi connectivity index (χ1n) is 7.08. The van der Waals surface area contributed by atoms with Crippen LogP contribution in [0.15, 0.2) is 24.3 Å². The molecule has 0 saturated heterocycles. The van der Waals surface area contributed by atoms with Gasteiger partial charge in [-0.15, -0.1) is 0 Å². The predicted molar refractivity (Wildman–Crippen MR) is 79.0 cm³/mol. The largest absolute Gasteiger partial charge is 0.480 e. The molecule has 0 radical (unpaired) electrons. The third kappa shape index (κ3) is 2.29. The number of amides is 1. The number of benzene rings is 1. The maximum Gasteiger partial charge on any atom is 0.319 e. The maximum absolute atomic E-state index is 13.5. The molecule has 1 aromatic carbocycles. The van der Waals surface area contributed by atoms with Crippen LogP contribution < -0.4 is 0 Å². The third-order valence-electron chi connectivity index (χ3n) is 4.45. The van der Waals surface area contributed by atoms with Gasteiger partial charge in [0.05, 0.1) is 0 Å². The van der Waals surface area contributed by atoms with Crippen molar-refractivity contribution < 1.29 is 19.1 Å².